The fourth-order valence-corrected chi connectivity index (χ4v) is 16.6. The van der Waals surface area contributed by atoms with Gasteiger partial charge < -0.3 is 17.2 Å². The molecule has 6 N–H and O–H groups in total. The summed E-state index contributed by atoms with van der Waals surface area (Å²) >= 11 is 0. The van der Waals surface area contributed by atoms with Crippen LogP contribution >= 0.6 is 24.8 Å². The van der Waals surface area contributed by atoms with Crippen molar-refractivity contribution < 1.29 is 25.3 Å². The summed E-state index contributed by atoms with van der Waals surface area (Å²) in [6.45, 7) is 1.35. The average Bonchev–Trinajstić information content (AvgIpc) is 1.64. The molecule has 0 aliphatic rings. The van der Waals surface area contributed by atoms with Crippen LogP contribution in [0, 0.1) is 0 Å². The quantitative estimate of drug-likeness (QED) is 0.0895. The second-order valence-electron chi connectivity index (χ2n) is 22.8. The number of aromatic nitrogens is 3. The third-order valence-corrected chi connectivity index (χ3v) is 22.0. The van der Waals surface area contributed by atoms with E-state index in [0.29, 0.717) is 55.4 Å². The van der Waals surface area contributed by atoms with Crippen LogP contribution < -0.4 is 17.2 Å². The molecule has 12 nitrogen and oxygen atoms in total. The molecular formula is C78H68Cl2N6O6S3. The molecule has 0 spiro atoms. The Labute approximate surface area is 565 Å². The van der Waals surface area contributed by atoms with Gasteiger partial charge >= 0.3 is 0 Å². The summed E-state index contributed by atoms with van der Waals surface area (Å²) in [6.07, 6.45) is 6.96. The maximum atomic E-state index is 13.8. The minimum Gasteiger partial charge on any atom is -0.330 e. The van der Waals surface area contributed by atoms with Crippen molar-refractivity contribution in [1.29, 1.82) is 0 Å². The van der Waals surface area contributed by atoms with Gasteiger partial charge in [-0.2, -0.15) is 0 Å². The van der Waals surface area contributed by atoms with Gasteiger partial charge in [-0.3, -0.25) is 0 Å². The number of rotatable bonds is 15. The number of hydrogen-bond acceptors (Lipinski definition) is 9. The normalized spacial score (nSPS) is 11.7. The van der Waals surface area contributed by atoms with Gasteiger partial charge in [0.25, 0.3) is 30.1 Å². The zero-order chi connectivity index (χ0) is 64.3. The summed E-state index contributed by atoms with van der Waals surface area (Å²) in [4.78, 5) is 0.809. The van der Waals surface area contributed by atoms with Gasteiger partial charge in [-0.15, -0.1) is 24.8 Å². The third kappa shape index (κ3) is 13.3. The third-order valence-electron chi connectivity index (χ3n) is 17.0. The maximum Gasteiger partial charge on any atom is 0.268 e. The lowest BCUT2D eigenvalue weighted by Crippen LogP contribution is -2.12. The first-order chi connectivity index (χ1) is 45.2. The molecule has 0 unspecified atom stereocenters. The van der Waals surface area contributed by atoms with Crippen molar-refractivity contribution in [3.63, 3.8) is 0 Å². The molecule has 15 rings (SSSR count). The molecule has 17 heteroatoms. The Morgan fingerprint density at radius 2 is 0.611 bits per heavy atom. The zero-order valence-electron chi connectivity index (χ0n) is 51.5. The Balaban J connectivity index is 0.000000145. The van der Waals surface area contributed by atoms with Crippen molar-refractivity contribution in [3.05, 3.63) is 308 Å². The summed E-state index contributed by atoms with van der Waals surface area (Å²) in [5, 5.41) is 9.34. The molecule has 0 saturated carbocycles. The molecule has 0 aliphatic heterocycles. The van der Waals surface area contributed by atoms with Gasteiger partial charge in [-0.1, -0.05) is 194 Å². The number of nitrogens with two attached hydrogens (primary N) is 3. The monoisotopic (exact) mass is 1350 g/mol. The molecule has 3 heterocycles. The van der Waals surface area contributed by atoms with Crippen LogP contribution in [0.4, 0.5) is 0 Å². The number of hydrogen-bond donors (Lipinski definition) is 3. The first kappa shape index (κ1) is 66.8. The predicted octanol–water partition coefficient (Wildman–Crippen LogP) is 16.4. The molecule has 0 aliphatic carbocycles. The first-order valence-corrected chi connectivity index (χ1v) is 35.0. The Bertz CT molecular complexity index is 5620. The topological polar surface area (TPSA) is 195 Å². The van der Waals surface area contributed by atoms with Crippen molar-refractivity contribution in [2.24, 2.45) is 17.2 Å². The molecular weight excluding hydrogens is 1280 g/mol. The molecule has 15 aromatic rings. The summed E-state index contributed by atoms with van der Waals surface area (Å²) in [6, 6.07) is 87.1. The highest BCUT2D eigenvalue weighted by Crippen LogP contribution is 2.37. The van der Waals surface area contributed by atoms with E-state index in [4.69, 9.17) is 17.2 Å². The van der Waals surface area contributed by atoms with Crippen LogP contribution in [0.3, 0.4) is 0 Å². The molecule has 0 radical (unpaired) electrons. The Kier molecular flexibility index (Phi) is 20.0. The van der Waals surface area contributed by atoms with Crippen molar-refractivity contribution in [1.82, 2.24) is 11.9 Å². The SMILES string of the molecule is Cl.Cl.NCCc1cn(S(=O)(=O)c2ccc3ccccc3c2)c2ccc(-c3cccc4ccccc34)cc12.NCCc1cn(S(=O)(=O)c2ccccc2)c2ccc(-c3ccc4ccccc4c3)cc12.NCCc1cn(S(=O)(=O)c2ccccc2)c2ccc(-c3ccccc3)cc12. The molecule has 3 aromatic heterocycles. The lowest BCUT2D eigenvalue weighted by molar-refractivity contribution is 0.587. The maximum absolute atomic E-state index is 13.8. The number of halogens is 2. The molecule has 0 atom stereocenters. The van der Waals surface area contributed by atoms with E-state index >= 15 is 0 Å². The highest BCUT2D eigenvalue weighted by atomic mass is 35.5. The van der Waals surface area contributed by atoms with Gasteiger partial charge in [0.1, 0.15) is 0 Å². The number of benzene rings is 12. The van der Waals surface area contributed by atoms with E-state index in [1.54, 1.807) is 85.3 Å². The lowest BCUT2D eigenvalue weighted by Gasteiger charge is -2.10. The van der Waals surface area contributed by atoms with Crippen molar-refractivity contribution in [2.45, 2.75) is 33.9 Å². The fourth-order valence-electron chi connectivity index (χ4n) is 12.3. The van der Waals surface area contributed by atoms with Crippen molar-refractivity contribution in [3.8, 4) is 33.4 Å². The van der Waals surface area contributed by atoms with Crippen LogP contribution in [0.5, 0.6) is 0 Å². The lowest BCUT2D eigenvalue weighted by atomic mass is 9.96. The molecule has 478 valence electrons. The van der Waals surface area contributed by atoms with Gasteiger partial charge in [-0.05, 0) is 200 Å². The largest absolute Gasteiger partial charge is 0.330 e. The molecule has 95 heavy (non-hydrogen) atoms. The minimum absolute atomic E-state index is 0. The highest BCUT2D eigenvalue weighted by molar-refractivity contribution is 7.90. The van der Waals surface area contributed by atoms with Gasteiger partial charge in [0.15, 0.2) is 0 Å². The fraction of sp³-hybridized carbons (Fsp3) is 0.0769. The first-order valence-electron chi connectivity index (χ1n) is 30.7. The molecule has 0 fully saturated rings. The van der Waals surface area contributed by atoms with Gasteiger partial charge in [-0.25, -0.2) is 37.2 Å². The predicted molar refractivity (Wildman–Crippen MR) is 394 cm³/mol. The van der Waals surface area contributed by atoms with Crippen LogP contribution in [-0.2, 0) is 49.3 Å². The van der Waals surface area contributed by atoms with E-state index in [9.17, 15) is 25.3 Å². The summed E-state index contributed by atoms with van der Waals surface area (Å²) in [5.41, 5.74) is 28.8. The molecule has 0 bridgehead atoms. The number of nitrogens with zero attached hydrogens (tertiary/aromatic N) is 3. The van der Waals surface area contributed by atoms with Crippen molar-refractivity contribution in [2.75, 3.05) is 19.6 Å². The van der Waals surface area contributed by atoms with Crippen LogP contribution in [0.25, 0.3) is 98.4 Å². The van der Waals surface area contributed by atoms with Crippen molar-refractivity contribution >= 4 is 120 Å². The molecule has 12 aromatic carbocycles. The van der Waals surface area contributed by atoms with E-state index in [0.717, 1.165) is 82.4 Å². The summed E-state index contributed by atoms with van der Waals surface area (Å²) in [7, 11) is -11.1. The smallest absolute Gasteiger partial charge is 0.268 e. The van der Waals surface area contributed by atoms with Crippen LogP contribution in [0.1, 0.15) is 16.7 Å². The Morgan fingerprint density at radius 3 is 1.09 bits per heavy atom. The average molecular weight is 1350 g/mol. The molecule has 0 amide bonds. The second-order valence-corrected chi connectivity index (χ2v) is 28.2. The molecule has 0 saturated heterocycles. The summed E-state index contributed by atoms with van der Waals surface area (Å²) < 4.78 is 84.6. The van der Waals surface area contributed by atoms with E-state index in [2.05, 4.69) is 72.8 Å². The van der Waals surface area contributed by atoms with Gasteiger partial charge in [0.05, 0.1) is 31.2 Å². The van der Waals surface area contributed by atoms with Crippen LogP contribution in [-0.4, -0.2) is 56.8 Å². The van der Waals surface area contributed by atoms with Gasteiger partial charge in [0, 0.05) is 34.7 Å². The van der Waals surface area contributed by atoms with E-state index in [-0.39, 0.29) is 39.5 Å². The summed E-state index contributed by atoms with van der Waals surface area (Å²) in [5.74, 6) is 0. The van der Waals surface area contributed by atoms with E-state index < -0.39 is 30.1 Å². The minimum atomic E-state index is -3.79. The Hall–Kier alpha value is -9.65. The van der Waals surface area contributed by atoms with Crippen LogP contribution in [0.15, 0.2) is 306 Å². The Morgan fingerprint density at radius 1 is 0.263 bits per heavy atom. The van der Waals surface area contributed by atoms with Gasteiger partial charge in [0.2, 0.25) is 0 Å². The standard InChI is InChI=1S/C30H24N2O2S.C26H22N2O2S.C22H20N2O2S.2ClH/c31-17-16-25-20-32(35(33,34)26-14-12-21-6-1-2-8-23(21)18-26)30-15-13-24(19-29(25)30)28-11-5-9-22-7-3-4-10-27(22)28;27-15-14-23-18-28(31(29,30)24-8-2-1-3-9-24)26-13-12-22(17-25(23)26)21-11-10-19-6-4-5-7-20(19)16-21;23-14-13-19-16-24(27(25,26)20-9-5-2-6-10-20)22-12-11-18(15-21(19)22)17-7-3-1-4-8-17;;/h1-15,18-20H,16-17,31H2;1-13,16-18H,14-15,27H2;1-12,15-16H,13-14,23H2;2*1H. The van der Waals surface area contributed by atoms with Crippen LogP contribution in [0.2, 0.25) is 0 Å². The van der Waals surface area contributed by atoms with E-state index in [1.807, 2.05) is 133 Å². The van der Waals surface area contributed by atoms with E-state index in [1.165, 1.54) is 28.1 Å². The zero-order valence-corrected chi connectivity index (χ0v) is 55.6. The second kappa shape index (κ2) is 28.5. The number of fused-ring (bicyclic) bond motifs is 6. The highest BCUT2D eigenvalue weighted by Gasteiger charge is 2.25.